The lowest BCUT2D eigenvalue weighted by atomic mass is 9.97. The molecule has 10 aromatic carbocycles. The van der Waals surface area contributed by atoms with E-state index in [0.29, 0.717) is 17.5 Å². The molecule has 59 heavy (non-hydrogen) atoms. The Labute approximate surface area is 339 Å². The van der Waals surface area contributed by atoms with Crippen LogP contribution in [0.3, 0.4) is 0 Å². The maximum atomic E-state index is 6.28. The van der Waals surface area contributed by atoms with Crippen molar-refractivity contribution >= 4 is 65.0 Å². The van der Waals surface area contributed by atoms with Crippen LogP contribution in [0.2, 0.25) is 0 Å². The molecule has 0 spiro atoms. The third-order valence-corrected chi connectivity index (χ3v) is 11.6. The molecule has 2 aromatic heterocycles. The molecule has 4 heteroatoms. The van der Waals surface area contributed by atoms with Gasteiger partial charge in [0.2, 0.25) is 0 Å². The molecule has 0 bridgehead atoms. The first-order chi connectivity index (χ1) is 29.1. The van der Waals surface area contributed by atoms with Gasteiger partial charge in [-0.05, 0) is 120 Å². The number of para-hydroxylation sites is 1. The van der Waals surface area contributed by atoms with Crippen molar-refractivity contribution in [2.75, 3.05) is 0 Å². The van der Waals surface area contributed by atoms with Crippen LogP contribution >= 0.6 is 0 Å². The van der Waals surface area contributed by atoms with E-state index in [0.717, 1.165) is 76.5 Å². The van der Waals surface area contributed by atoms with Gasteiger partial charge in [-0.25, -0.2) is 15.0 Å². The molecule has 0 aliphatic rings. The number of aromatic nitrogens is 3. The molecule has 12 aromatic rings. The fraction of sp³-hybridized carbons (Fsp3) is 0. The van der Waals surface area contributed by atoms with Crippen LogP contribution in [0.5, 0.6) is 0 Å². The Kier molecular flexibility index (Phi) is 7.50. The zero-order valence-electron chi connectivity index (χ0n) is 31.8. The maximum Gasteiger partial charge on any atom is 0.164 e. The van der Waals surface area contributed by atoms with Crippen molar-refractivity contribution in [2.24, 2.45) is 0 Å². The standard InChI is InChI=1S/C55H33N3O/c1-2-8-34(9-3-1)39-19-15-36-17-23-43(29-46(36)27-39)53-56-54(44-24-18-37-16-21-41(28-47(37)30-44)40-20-14-35-10-4-5-11-38(35)26-40)58-55(57-53)45-25-22-42-32-50-49-12-6-7-13-51(49)59-52(50)33-48(42)31-45/h1-33H. The lowest BCUT2D eigenvalue weighted by Crippen LogP contribution is -2.00. The first kappa shape index (κ1) is 33.2. The number of benzene rings is 10. The van der Waals surface area contributed by atoms with Crippen molar-refractivity contribution in [3.63, 3.8) is 0 Å². The van der Waals surface area contributed by atoms with Crippen molar-refractivity contribution in [2.45, 2.75) is 0 Å². The average Bonchev–Trinajstić information content (AvgIpc) is 3.67. The summed E-state index contributed by atoms with van der Waals surface area (Å²) >= 11 is 0. The zero-order valence-corrected chi connectivity index (χ0v) is 31.8. The number of hydrogen-bond acceptors (Lipinski definition) is 4. The summed E-state index contributed by atoms with van der Waals surface area (Å²) in [5, 5.41) is 11.4. The highest BCUT2D eigenvalue weighted by Gasteiger charge is 2.16. The molecule has 274 valence electrons. The molecule has 0 atom stereocenters. The summed E-state index contributed by atoms with van der Waals surface area (Å²) in [5.74, 6) is 1.85. The number of fused-ring (bicyclic) bond motifs is 7. The van der Waals surface area contributed by atoms with Gasteiger partial charge < -0.3 is 4.42 Å². The summed E-state index contributed by atoms with van der Waals surface area (Å²) < 4.78 is 6.28. The van der Waals surface area contributed by atoms with Crippen LogP contribution in [-0.2, 0) is 0 Å². The van der Waals surface area contributed by atoms with Gasteiger partial charge in [0.25, 0.3) is 0 Å². The van der Waals surface area contributed by atoms with E-state index in [1.54, 1.807) is 0 Å². The molecule has 0 saturated carbocycles. The van der Waals surface area contributed by atoms with Crippen molar-refractivity contribution < 1.29 is 4.42 Å². The van der Waals surface area contributed by atoms with Gasteiger partial charge in [-0.1, -0.05) is 146 Å². The quantitative estimate of drug-likeness (QED) is 0.176. The van der Waals surface area contributed by atoms with Crippen LogP contribution in [0, 0.1) is 0 Å². The van der Waals surface area contributed by atoms with Crippen LogP contribution in [-0.4, -0.2) is 15.0 Å². The molecule has 12 rings (SSSR count). The van der Waals surface area contributed by atoms with Crippen molar-refractivity contribution in [1.29, 1.82) is 0 Å². The van der Waals surface area contributed by atoms with E-state index in [2.05, 4.69) is 182 Å². The van der Waals surface area contributed by atoms with Gasteiger partial charge in [0, 0.05) is 27.5 Å². The minimum absolute atomic E-state index is 0.611. The smallest absolute Gasteiger partial charge is 0.164 e. The van der Waals surface area contributed by atoms with Gasteiger partial charge in [0.1, 0.15) is 11.2 Å². The van der Waals surface area contributed by atoms with Crippen molar-refractivity contribution in [3.05, 3.63) is 200 Å². The largest absolute Gasteiger partial charge is 0.456 e. The Morgan fingerprint density at radius 2 is 0.644 bits per heavy atom. The summed E-state index contributed by atoms with van der Waals surface area (Å²) in [6.45, 7) is 0. The average molecular weight is 752 g/mol. The molecule has 0 aliphatic heterocycles. The van der Waals surface area contributed by atoms with E-state index in [-0.39, 0.29) is 0 Å². The first-order valence-corrected chi connectivity index (χ1v) is 19.9. The van der Waals surface area contributed by atoms with E-state index in [1.165, 1.54) is 27.5 Å². The summed E-state index contributed by atoms with van der Waals surface area (Å²) in [5.41, 5.74) is 9.20. The highest BCUT2D eigenvalue weighted by Crippen LogP contribution is 2.36. The van der Waals surface area contributed by atoms with Gasteiger partial charge in [-0.3, -0.25) is 0 Å². The number of furan rings is 1. The Balaban J connectivity index is 1.01. The lowest BCUT2D eigenvalue weighted by Gasteiger charge is -2.11. The topological polar surface area (TPSA) is 51.8 Å². The lowest BCUT2D eigenvalue weighted by molar-refractivity contribution is 0.669. The molecule has 0 unspecified atom stereocenters. The SMILES string of the molecule is c1ccc(-c2ccc3ccc(-c4nc(-c5ccc6ccc(-c7ccc8ccccc8c7)cc6c5)nc(-c5ccc6cc7c(cc6c5)oc5ccccc57)n4)cc3c2)cc1. The fourth-order valence-corrected chi connectivity index (χ4v) is 8.50. The molecule has 0 fully saturated rings. The predicted molar refractivity (Wildman–Crippen MR) is 244 cm³/mol. The molecular formula is C55H33N3O. The van der Waals surface area contributed by atoms with Gasteiger partial charge >= 0.3 is 0 Å². The van der Waals surface area contributed by atoms with Gasteiger partial charge in [0.15, 0.2) is 17.5 Å². The summed E-state index contributed by atoms with van der Waals surface area (Å²) in [4.78, 5) is 15.6. The van der Waals surface area contributed by atoms with Gasteiger partial charge in [-0.2, -0.15) is 0 Å². The maximum absolute atomic E-state index is 6.28. The van der Waals surface area contributed by atoms with Crippen LogP contribution in [0.15, 0.2) is 205 Å². The Morgan fingerprint density at radius 1 is 0.237 bits per heavy atom. The monoisotopic (exact) mass is 751 g/mol. The normalized spacial score (nSPS) is 11.7. The highest BCUT2D eigenvalue weighted by atomic mass is 16.3. The number of rotatable bonds is 5. The zero-order chi connectivity index (χ0) is 38.9. The minimum Gasteiger partial charge on any atom is -0.456 e. The minimum atomic E-state index is 0.611. The summed E-state index contributed by atoms with van der Waals surface area (Å²) in [6, 6.07) is 70.8. The van der Waals surface area contributed by atoms with Crippen LogP contribution in [0.25, 0.3) is 121 Å². The molecule has 0 N–H and O–H groups in total. The van der Waals surface area contributed by atoms with E-state index in [4.69, 9.17) is 19.4 Å². The molecular weight excluding hydrogens is 719 g/mol. The molecule has 2 heterocycles. The van der Waals surface area contributed by atoms with Gasteiger partial charge in [-0.15, -0.1) is 0 Å². The van der Waals surface area contributed by atoms with E-state index in [1.807, 2.05) is 18.2 Å². The predicted octanol–water partition coefficient (Wildman–Crippen LogP) is 14.7. The van der Waals surface area contributed by atoms with Crippen molar-refractivity contribution in [1.82, 2.24) is 15.0 Å². The Morgan fingerprint density at radius 3 is 1.25 bits per heavy atom. The third-order valence-electron chi connectivity index (χ3n) is 11.6. The van der Waals surface area contributed by atoms with E-state index in [9.17, 15) is 0 Å². The Bertz CT molecular complexity index is 3620. The molecule has 0 radical (unpaired) electrons. The van der Waals surface area contributed by atoms with Crippen molar-refractivity contribution in [3.8, 4) is 56.4 Å². The third kappa shape index (κ3) is 5.89. The summed E-state index contributed by atoms with van der Waals surface area (Å²) in [6.07, 6.45) is 0. The molecule has 0 saturated heterocycles. The fourth-order valence-electron chi connectivity index (χ4n) is 8.50. The number of nitrogens with zero attached hydrogens (tertiary/aromatic N) is 3. The Hall–Kier alpha value is -7.95. The van der Waals surface area contributed by atoms with Crippen LogP contribution in [0.4, 0.5) is 0 Å². The second-order valence-electron chi connectivity index (χ2n) is 15.3. The van der Waals surface area contributed by atoms with Crippen LogP contribution < -0.4 is 0 Å². The first-order valence-electron chi connectivity index (χ1n) is 19.9. The summed E-state index contributed by atoms with van der Waals surface area (Å²) in [7, 11) is 0. The molecule has 0 aliphatic carbocycles. The van der Waals surface area contributed by atoms with Crippen LogP contribution in [0.1, 0.15) is 0 Å². The van der Waals surface area contributed by atoms with E-state index >= 15 is 0 Å². The van der Waals surface area contributed by atoms with Gasteiger partial charge in [0.05, 0.1) is 0 Å². The molecule has 4 nitrogen and oxygen atoms in total. The molecule has 0 amide bonds. The number of hydrogen-bond donors (Lipinski definition) is 0. The highest BCUT2D eigenvalue weighted by molar-refractivity contribution is 6.10. The second kappa shape index (κ2) is 13.3. The second-order valence-corrected chi connectivity index (χ2v) is 15.3. The van der Waals surface area contributed by atoms with E-state index < -0.39 is 0 Å².